The molecule has 1 saturated carbocycles. The number of benzene rings is 2. The molecule has 4 rings (SSSR count). The van der Waals surface area contributed by atoms with Crippen molar-refractivity contribution in [3.8, 4) is 5.75 Å². The van der Waals surface area contributed by atoms with Crippen LogP contribution in [0.5, 0.6) is 5.75 Å². The third-order valence-corrected chi connectivity index (χ3v) is 6.82. The number of ether oxygens (including phenoxy) is 1. The number of carboxylic acids is 2. The van der Waals surface area contributed by atoms with E-state index in [-0.39, 0.29) is 23.4 Å². The first-order chi connectivity index (χ1) is 16.6. The highest BCUT2D eigenvalue weighted by molar-refractivity contribution is 5.88. The van der Waals surface area contributed by atoms with E-state index in [2.05, 4.69) is 30.7 Å². The number of fused-ring (bicyclic) bond motifs is 1. The lowest BCUT2D eigenvalue weighted by atomic mass is 9.70. The zero-order chi connectivity index (χ0) is 25.3. The average Bonchev–Trinajstić information content (AvgIpc) is 3.12. The maximum absolute atomic E-state index is 11.2. The minimum absolute atomic E-state index is 0.0118. The van der Waals surface area contributed by atoms with Gasteiger partial charge >= 0.3 is 11.9 Å². The summed E-state index contributed by atoms with van der Waals surface area (Å²) in [5.41, 5.74) is 3.66. The molecule has 1 aliphatic rings. The van der Waals surface area contributed by atoms with Crippen molar-refractivity contribution in [3.05, 3.63) is 47.5 Å². The topological polar surface area (TPSA) is 114 Å². The molecule has 3 aromatic rings. The quantitative estimate of drug-likeness (QED) is 0.369. The normalized spacial score (nSPS) is 19.4. The van der Waals surface area contributed by atoms with Crippen molar-refractivity contribution in [1.82, 2.24) is 9.55 Å². The summed E-state index contributed by atoms with van der Waals surface area (Å²) in [7, 11) is 1.60. The molecule has 0 unspecified atom stereocenters. The van der Waals surface area contributed by atoms with Crippen molar-refractivity contribution in [2.24, 2.45) is 11.3 Å². The van der Waals surface area contributed by atoms with Crippen LogP contribution in [0.25, 0.3) is 11.0 Å². The molecule has 1 fully saturated rings. The number of rotatable bonds is 8. The fourth-order valence-electron chi connectivity index (χ4n) is 5.57. The second-order valence-corrected chi connectivity index (χ2v) is 10.4. The number of carboxylic acid groups (broad SMARTS) is 2. The summed E-state index contributed by atoms with van der Waals surface area (Å²) in [4.78, 5) is 27.3. The Labute approximate surface area is 204 Å². The number of aromatic nitrogens is 2. The molecular formula is C27H33N3O5. The summed E-state index contributed by atoms with van der Waals surface area (Å²) in [5.74, 6) is 0.0582. The molecule has 0 aliphatic heterocycles. The van der Waals surface area contributed by atoms with E-state index in [0.29, 0.717) is 24.0 Å². The van der Waals surface area contributed by atoms with Gasteiger partial charge in [0.25, 0.3) is 0 Å². The summed E-state index contributed by atoms with van der Waals surface area (Å²) in [6.07, 6.45) is 3.55. The SMILES string of the molecule is COc1cc2c(cc1CCC(=O)O)nc(Nc1ccc(C(=O)O)cc1)n2[C@H]1C[C@H](C)CC(C)(C)C1. The van der Waals surface area contributed by atoms with Gasteiger partial charge in [-0.25, -0.2) is 9.78 Å². The first-order valence-corrected chi connectivity index (χ1v) is 12.0. The van der Waals surface area contributed by atoms with E-state index in [1.54, 1.807) is 31.4 Å². The number of hydrogen-bond acceptors (Lipinski definition) is 5. The van der Waals surface area contributed by atoms with Crippen LogP contribution < -0.4 is 10.1 Å². The van der Waals surface area contributed by atoms with E-state index in [4.69, 9.17) is 14.8 Å². The molecule has 3 N–H and O–H groups in total. The predicted molar refractivity (Wildman–Crippen MR) is 135 cm³/mol. The summed E-state index contributed by atoms with van der Waals surface area (Å²) in [6, 6.07) is 10.7. The predicted octanol–water partition coefficient (Wildman–Crippen LogP) is 5.89. The number of carbonyl (C=O) groups is 2. The van der Waals surface area contributed by atoms with Gasteiger partial charge in [-0.15, -0.1) is 0 Å². The lowest BCUT2D eigenvalue weighted by Crippen LogP contribution is -2.29. The molecule has 8 nitrogen and oxygen atoms in total. The van der Waals surface area contributed by atoms with E-state index < -0.39 is 11.9 Å². The van der Waals surface area contributed by atoms with E-state index in [1.165, 1.54) is 0 Å². The Morgan fingerprint density at radius 3 is 2.49 bits per heavy atom. The number of imidazole rings is 1. The summed E-state index contributed by atoms with van der Waals surface area (Å²) < 4.78 is 7.88. The van der Waals surface area contributed by atoms with Crippen LogP contribution in [-0.2, 0) is 11.2 Å². The minimum Gasteiger partial charge on any atom is -0.496 e. The van der Waals surface area contributed by atoms with Gasteiger partial charge in [0, 0.05) is 24.2 Å². The number of aliphatic carboxylic acids is 1. The lowest BCUT2D eigenvalue weighted by Gasteiger charge is -2.40. The number of nitrogens with zero attached hydrogens (tertiary/aromatic N) is 2. The zero-order valence-electron chi connectivity index (χ0n) is 20.7. The van der Waals surface area contributed by atoms with Gasteiger partial charge in [-0.1, -0.05) is 20.8 Å². The molecule has 1 heterocycles. The molecule has 0 saturated heterocycles. The molecule has 186 valence electrons. The summed E-state index contributed by atoms with van der Waals surface area (Å²) >= 11 is 0. The van der Waals surface area contributed by atoms with E-state index in [1.807, 2.05) is 12.1 Å². The van der Waals surface area contributed by atoms with Gasteiger partial charge in [0.15, 0.2) is 0 Å². The van der Waals surface area contributed by atoms with Crippen LogP contribution in [0.1, 0.15) is 68.4 Å². The summed E-state index contributed by atoms with van der Waals surface area (Å²) in [5, 5.41) is 21.8. The highest BCUT2D eigenvalue weighted by Gasteiger charge is 2.35. The average molecular weight is 480 g/mol. The second kappa shape index (κ2) is 9.60. The molecule has 2 aromatic carbocycles. The highest BCUT2D eigenvalue weighted by atomic mass is 16.5. The minimum atomic E-state index is -0.969. The number of aryl methyl sites for hydroxylation is 1. The van der Waals surface area contributed by atoms with Crippen molar-refractivity contribution in [3.63, 3.8) is 0 Å². The van der Waals surface area contributed by atoms with Crippen molar-refractivity contribution in [1.29, 1.82) is 0 Å². The van der Waals surface area contributed by atoms with Crippen LogP contribution in [0, 0.1) is 11.3 Å². The Bertz CT molecular complexity index is 1250. The first kappa shape index (κ1) is 24.6. The van der Waals surface area contributed by atoms with Gasteiger partial charge in [0.2, 0.25) is 5.95 Å². The number of methoxy groups -OCH3 is 1. The van der Waals surface area contributed by atoms with Crippen molar-refractivity contribution in [2.75, 3.05) is 12.4 Å². The van der Waals surface area contributed by atoms with E-state index in [9.17, 15) is 14.7 Å². The zero-order valence-corrected chi connectivity index (χ0v) is 20.7. The first-order valence-electron chi connectivity index (χ1n) is 12.0. The largest absolute Gasteiger partial charge is 0.496 e. The van der Waals surface area contributed by atoms with E-state index in [0.717, 1.165) is 41.5 Å². The number of nitrogens with one attached hydrogen (secondary N) is 1. The lowest BCUT2D eigenvalue weighted by molar-refractivity contribution is -0.136. The fraction of sp³-hybridized carbons (Fsp3) is 0.444. The molecule has 0 bridgehead atoms. The van der Waals surface area contributed by atoms with Gasteiger partial charge < -0.3 is 24.8 Å². The number of anilines is 2. The molecule has 8 heteroatoms. The van der Waals surface area contributed by atoms with Crippen molar-refractivity contribution in [2.45, 2.75) is 58.9 Å². The Morgan fingerprint density at radius 1 is 1.17 bits per heavy atom. The molecule has 1 aliphatic carbocycles. The highest BCUT2D eigenvalue weighted by Crippen LogP contribution is 2.46. The standard InChI is InChI=1S/C27H33N3O5/c1-16-11-20(15-27(2,3)14-16)30-22-13-23(35-4)18(7-10-24(31)32)12-21(22)29-26(30)28-19-8-5-17(6-9-19)25(33)34/h5-6,8-9,12-13,16,20H,7,10-11,14-15H2,1-4H3,(H,28,29)(H,31,32)(H,33,34)/t16-,20-/m0/s1. The Morgan fingerprint density at radius 2 is 1.89 bits per heavy atom. The van der Waals surface area contributed by atoms with Crippen LogP contribution in [0.3, 0.4) is 0 Å². The number of hydrogen-bond donors (Lipinski definition) is 3. The molecule has 1 aromatic heterocycles. The maximum Gasteiger partial charge on any atom is 0.335 e. The monoisotopic (exact) mass is 479 g/mol. The smallest absolute Gasteiger partial charge is 0.335 e. The van der Waals surface area contributed by atoms with Crippen molar-refractivity contribution < 1.29 is 24.5 Å². The molecule has 2 atom stereocenters. The van der Waals surface area contributed by atoms with Crippen molar-refractivity contribution >= 4 is 34.6 Å². The number of aromatic carboxylic acids is 1. The van der Waals surface area contributed by atoms with E-state index >= 15 is 0 Å². The van der Waals surface area contributed by atoms with Gasteiger partial charge in [0.1, 0.15) is 5.75 Å². The Kier molecular flexibility index (Phi) is 6.74. The fourth-order valence-corrected chi connectivity index (χ4v) is 5.57. The van der Waals surface area contributed by atoms with Gasteiger partial charge in [-0.3, -0.25) is 4.79 Å². The van der Waals surface area contributed by atoms with Crippen LogP contribution in [-0.4, -0.2) is 38.8 Å². The Balaban J connectivity index is 1.81. The van der Waals surface area contributed by atoms with Gasteiger partial charge in [0.05, 0.1) is 23.7 Å². The third kappa shape index (κ3) is 5.42. The molecule has 0 spiro atoms. The van der Waals surface area contributed by atoms with Crippen LogP contribution in [0.4, 0.5) is 11.6 Å². The second-order valence-electron chi connectivity index (χ2n) is 10.4. The molecular weight excluding hydrogens is 446 g/mol. The van der Waals surface area contributed by atoms with Gasteiger partial charge in [-0.2, -0.15) is 0 Å². The molecule has 0 radical (unpaired) electrons. The van der Waals surface area contributed by atoms with Crippen LogP contribution >= 0.6 is 0 Å². The molecule has 35 heavy (non-hydrogen) atoms. The Hall–Kier alpha value is -3.55. The van der Waals surface area contributed by atoms with Crippen LogP contribution in [0.15, 0.2) is 36.4 Å². The molecule has 0 amide bonds. The van der Waals surface area contributed by atoms with Crippen LogP contribution in [0.2, 0.25) is 0 Å². The summed E-state index contributed by atoms with van der Waals surface area (Å²) in [6.45, 7) is 6.89. The third-order valence-electron chi connectivity index (χ3n) is 6.82. The van der Waals surface area contributed by atoms with Gasteiger partial charge in [-0.05, 0) is 72.9 Å². The maximum atomic E-state index is 11.2.